The van der Waals surface area contributed by atoms with Crippen molar-refractivity contribution in [2.24, 2.45) is 0 Å². The first-order valence-corrected chi connectivity index (χ1v) is 9.16. The van der Waals surface area contributed by atoms with Crippen LogP contribution in [0.25, 0.3) is 0 Å². The SMILES string of the molecule is CC(=O)N1CCC(NC(C(=O)Nc2ccc(F)cc2)c2ccccc2)CC1. The van der Waals surface area contributed by atoms with Gasteiger partial charge in [0.2, 0.25) is 11.8 Å². The van der Waals surface area contributed by atoms with Crippen LogP contribution >= 0.6 is 0 Å². The molecule has 5 nitrogen and oxygen atoms in total. The van der Waals surface area contributed by atoms with Crippen molar-refractivity contribution in [2.45, 2.75) is 31.8 Å². The second-order valence-electron chi connectivity index (χ2n) is 6.79. The van der Waals surface area contributed by atoms with Gasteiger partial charge in [-0.05, 0) is 42.7 Å². The maximum atomic E-state index is 13.1. The number of benzene rings is 2. The Bertz CT molecular complexity index is 772. The highest BCUT2D eigenvalue weighted by atomic mass is 19.1. The average Bonchev–Trinajstić information content (AvgIpc) is 2.69. The maximum absolute atomic E-state index is 13.1. The molecule has 0 aromatic heterocycles. The molecule has 142 valence electrons. The Morgan fingerprint density at radius 1 is 1.04 bits per heavy atom. The fraction of sp³-hybridized carbons (Fsp3) is 0.333. The van der Waals surface area contributed by atoms with E-state index >= 15 is 0 Å². The van der Waals surface area contributed by atoms with Gasteiger partial charge in [0.1, 0.15) is 11.9 Å². The van der Waals surface area contributed by atoms with Crippen molar-refractivity contribution < 1.29 is 14.0 Å². The summed E-state index contributed by atoms with van der Waals surface area (Å²) in [6.45, 7) is 2.96. The molecule has 2 amide bonds. The van der Waals surface area contributed by atoms with E-state index in [1.54, 1.807) is 19.1 Å². The Labute approximate surface area is 158 Å². The van der Waals surface area contributed by atoms with E-state index in [4.69, 9.17) is 0 Å². The number of hydrogen-bond donors (Lipinski definition) is 2. The predicted octanol–water partition coefficient (Wildman–Crippen LogP) is 3.11. The van der Waals surface area contributed by atoms with E-state index < -0.39 is 6.04 Å². The first-order valence-electron chi connectivity index (χ1n) is 9.16. The molecule has 1 atom stereocenters. The van der Waals surface area contributed by atoms with E-state index in [9.17, 15) is 14.0 Å². The van der Waals surface area contributed by atoms with E-state index in [-0.39, 0.29) is 23.7 Å². The summed E-state index contributed by atoms with van der Waals surface area (Å²) in [6.07, 6.45) is 1.60. The standard InChI is InChI=1S/C21H24FN3O2/c1-15(26)25-13-11-19(12-14-25)23-20(16-5-3-2-4-6-16)21(27)24-18-9-7-17(22)8-10-18/h2-10,19-20,23H,11-14H2,1H3,(H,24,27). The average molecular weight is 369 g/mol. The van der Waals surface area contributed by atoms with Gasteiger partial charge in [0.05, 0.1) is 0 Å². The van der Waals surface area contributed by atoms with Crippen LogP contribution in [-0.2, 0) is 9.59 Å². The molecule has 0 bridgehead atoms. The quantitative estimate of drug-likeness (QED) is 0.851. The Kier molecular flexibility index (Phi) is 6.19. The Morgan fingerprint density at radius 2 is 1.67 bits per heavy atom. The van der Waals surface area contributed by atoms with Gasteiger partial charge in [-0.2, -0.15) is 0 Å². The molecule has 1 saturated heterocycles. The first-order chi connectivity index (χ1) is 13.0. The summed E-state index contributed by atoms with van der Waals surface area (Å²) in [5, 5.41) is 6.29. The Morgan fingerprint density at radius 3 is 2.26 bits per heavy atom. The van der Waals surface area contributed by atoms with Crippen LogP contribution in [0.15, 0.2) is 54.6 Å². The van der Waals surface area contributed by atoms with Gasteiger partial charge in [-0.3, -0.25) is 14.9 Å². The molecule has 1 heterocycles. The number of carbonyl (C=O) groups excluding carboxylic acids is 2. The first kappa shape index (κ1) is 19.0. The molecule has 6 heteroatoms. The van der Waals surface area contributed by atoms with Crippen LogP contribution in [0.3, 0.4) is 0 Å². The molecule has 1 aliphatic heterocycles. The molecule has 0 radical (unpaired) electrons. The topological polar surface area (TPSA) is 61.4 Å². The number of rotatable bonds is 5. The second kappa shape index (κ2) is 8.77. The molecule has 2 N–H and O–H groups in total. The maximum Gasteiger partial charge on any atom is 0.246 e. The van der Waals surface area contributed by atoms with Crippen LogP contribution in [0.1, 0.15) is 31.4 Å². The van der Waals surface area contributed by atoms with E-state index in [0.29, 0.717) is 18.8 Å². The molecule has 2 aromatic carbocycles. The lowest BCUT2D eigenvalue weighted by atomic mass is 10.00. The monoisotopic (exact) mass is 369 g/mol. The van der Waals surface area contributed by atoms with Crippen LogP contribution in [0.2, 0.25) is 0 Å². The fourth-order valence-corrected chi connectivity index (χ4v) is 3.31. The van der Waals surface area contributed by atoms with Gasteiger partial charge in [0.25, 0.3) is 0 Å². The second-order valence-corrected chi connectivity index (χ2v) is 6.79. The zero-order valence-electron chi connectivity index (χ0n) is 15.3. The van der Waals surface area contributed by atoms with Gasteiger partial charge in [0, 0.05) is 31.7 Å². The van der Waals surface area contributed by atoms with Gasteiger partial charge < -0.3 is 10.2 Å². The van der Waals surface area contributed by atoms with Gasteiger partial charge >= 0.3 is 0 Å². The predicted molar refractivity (Wildman–Crippen MR) is 103 cm³/mol. The lowest BCUT2D eigenvalue weighted by molar-refractivity contribution is -0.130. The Hall–Kier alpha value is -2.73. The van der Waals surface area contributed by atoms with E-state index in [2.05, 4.69) is 10.6 Å². The molecule has 1 unspecified atom stereocenters. The van der Waals surface area contributed by atoms with Gasteiger partial charge in [-0.1, -0.05) is 30.3 Å². The highest BCUT2D eigenvalue weighted by Crippen LogP contribution is 2.20. The third kappa shape index (κ3) is 5.14. The number of hydrogen-bond acceptors (Lipinski definition) is 3. The summed E-state index contributed by atoms with van der Waals surface area (Å²) < 4.78 is 13.1. The van der Waals surface area contributed by atoms with Crippen LogP contribution < -0.4 is 10.6 Å². The lowest BCUT2D eigenvalue weighted by Gasteiger charge is -2.34. The van der Waals surface area contributed by atoms with E-state index in [1.807, 2.05) is 35.2 Å². The molecule has 27 heavy (non-hydrogen) atoms. The van der Waals surface area contributed by atoms with Gasteiger partial charge in [0.15, 0.2) is 0 Å². The third-order valence-corrected chi connectivity index (χ3v) is 4.85. The summed E-state index contributed by atoms with van der Waals surface area (Å²) >= 11 is 0. The fourth-order valence-electron chi connectivity index (χ4n) is 3.31. The zero-order chi connectivity index (χ0) is 19.2. The van der Waals surface area contributed by atoms with Crippen LogP contribution in [0.4, 0.5) is 10.1 Å². The molecule has 3 rings (SSSR count). The highest BCUT2D eigenvalue weighted by Gasteiger charge is 2.27. The summed E-state index contributed by atoms with van der Waals surface area (Å²) in [5.41, 5.74) is 1.42. The number of nitrogens with zero attached hydrogens (tertiary/aromatic N) is 1. The van der Waals surface area contributed by atoms with Crippen molar-refractivity contribution in [1.29, 1.82) is 0 Å². The van der Waals surface area contributed by atoms with Crippen LogP contribution in [-0.4, -0.2) is 35.8 Å². The number of nitrogens with one attached hydrogen (secondary N) is 2. The minimum Gasteiger partial charge on any atom is -0.343 e. The van der Waals surface area contributed by atoms with Crippen molar-refractivity contribution in [1.82, 2.24) is 10.2 Å². The van der Waals surface area contributed by atoms with Gasteiger partial charge in [-0.15, -0.1) is 0 Å². The number of amides is 2. The molecular weight excluding hydrogens is 345 g/mol. The molecule has 0 aliphatic carbocycles. The third-order valence-electron chi connectivity index (χ3n) is 4.85. The molecule has 1 aliphatic rings. The van der Waals surface area contributed by atoms with Gasteiger partial charge in [-0.25, -0.2) is 4.39 Å². The van der Waals surface area contributed by atoms with Crippen molar-refractivity contribution in [3.63, 3.8) is 0 Å². The van der Waals surface area contributed by atoms with E-state index in [0.717, 1.165) is 18.4 Å². The molecule has 1 fully saturated rings. The highest BCUT2D eigenvalue weighted by molar-refractivity contribution is 5.95. The zero-order valence-corrected chi connectivity index (χ0v) is 15.3. The largest absolute Gasteiger partial charge is 0.343 e. The number of piperidine rings is 1. The van der Waals surface area contributed by atoms with Crippen molar-refractivity contribution in [2.75, 3.05) is 18.4 Å². The number of anilines is 1. The summed E-state index contributed by atoms with van der Waals surface area (Å²) in [6, 6.07) is 14.9. The summed E-state index contributed by atoms with van der Waals surface area (Å²) in [5.74, 6) is -0.452. The smallest absolute Gasteiger partial charge is 0.246 e. The normalized spacial score (nSPS) is 16.0. The van der Waals surface area contributed by atoms with E-state index in [1.165, 1.54) is 12.1 Å². The Balaban J connectivity index is 1.71. The molecule has 0 spiro atoms. The number of halogens is 1. The van der Waals surface area contributed by atoms with Crippen LogP contribution in [0, 0.1) is 5.82 Å². The lowest BCUT2D eigenvalue weighted by Crippen LogP contribution is -2.47. The number of carbonyl (C=O) groups is 2. The van der Waals surface area contributed by atoms with Crippen LogP contribution in [0.5, 0.6) is 0 Å². The minimum atomic E-state index is -0.523. The summed E-state index contributed by atoms with van der Waals surface area (Å²) in [4.78, 5) is 26.2. The van der Waals surface area contributed by atoms with Crippen molar-refractivity contribution >= 4 is 17.5 Å². The van der Waals surface area contributed by atoms with Crippen molar-refractivity contribution in [3.8, 4) is 0 Å². The molecular formula is C21H24FN3O2. The number of likely N-dealkylation sites (tertiary alicyclic amines) is 1. The minimum absolute atomic E-state index is 0.0853. The molecule has 2 aromatic rings. The molecule has 0 saturated carbocycles. The summed E-state index contributed by atoms with van der Waals surface area (Å²) in [7, 11) is 0. The van der Waals surface area contributed by atoms with Crippen molar-refractivity contribution in [3.05, 3.63) is 66.0 Å².